The Morgan fingerprint density at radius 2 is 2.12 bits per heavy atom. The molecule has 1 aliphatic carbocycles. The number of esters is 1. The summed E-state index contributed by atoms with van der Waals surface area (Å²) < 4.78 is 6.13. The van der Waals surface area contributed by atoms with Crippen LogP contribution in [0.3, 0.4) is 0 Å². The smallest absolute Gasteiger partial charge is 0.306 e. The summed E-state index contributed by atoms with van der Waals surface area (Å²) in [5, 5.41) is 10.8. The van der Waals surface area contributed by atoms with E-state index in [4.69, 9.17) is 16.3 Å². The molecule has 0 bridgehead atoms. The molecule has 0 saturated heterocycles. The molecule has 6 nitrogen and oxygen atoms in total. The summed E-state index contributed by atoms with van der Waals surface area (Å²) >= 11 is 5.99. The van der Waals surface area contributed by atoms with Crippen molar-refractivity contribution in [3.63, 3.8) is 0 Å². The van der Waals surface area contributed by atoms with Crippen molar-refractivity contribution in [1.82, 2.24) is 9.38 Å². The zero-order chi connectivity index (χ0) is 18.0. The number of nitrogens with zero attached hydrogens (tertiary/aromatic N) is 2. The highest BCUT2D eigenvalue weighted by Gasteiger charge is 2.32. The van der Waals surface area contributed by atoms with Crippen LogP contribution in [0.4, 0.5) is 0 Å². The van der Waals surface area contributed by atoms with Gasteiger partial charge in [-0.15, -0.1) is 0 Å². The first-order valence-corrected chi connectivity index (χ1v) is 8.86. The van der Waals surface area contributed by atoms with Crippen molar-refractivity contribution in [1.29, 1.82) is 0 Å². The molecular formula is C18H21ClN2O4. The number of hydrogen-bond acceptors (Lipinski definition) is 5. The van der Waals surface area contributed by atoms with Gasteiger partial charge in [-0.2, -0.15) is 4.98 Å². The molecule has 0 aromatic carbocycles. The van der Waals surface area contributed by atoms with Crippen LogP contribution in [-0.2, 0) is 9.53 Å². The van der Waals surface area contributed by atoms with E-state index in [-0.39, 0.29) is 29.3 Å². The predicted molar refractivity (Wildman–Crippen MR) is 94.1 cm³/mol. The molecule has 134 valence electrons. The number of halogens is 1. The van der Waals surface area contributed by atoms with E-state index in [1.807, 2.05) is 0 Å². The summed E-state index contributed by atoms with van der Waals surface area (Å²) in [5.41, 5.74) is 0.109. The van der Waals surface area contributed by atoms with E-state index in [2.05, 4.69) is 4.98 Å². The standard InChI is InChI=1S/C18H21ClN2O4/c1-25-15(22)9-13(11-5-3-2-4-6-11)16-17(23)20-14-8-7-12(19)10-21(14)18(16)24/h7-8,10-11,13,23H,2-6,9H2,1H3. The molecule has 0 radical (unpaired) electrons. The first kappa shape index (κ1) is 17.7. The second-order valence-electron chi connectivity index (χ2n) is 6.51. The van der Waals surface area contributed by atoms with Crippen molar-refractivity contribution in [2.24, 2.45) is 5.92 Å². The van der Waals surface area contributed by atoms with Gasteiger partial charge in [0.2, 0.25) is 5.88 Å². The molecule has 0 amide bonds. The quantitative estimate of drug-likeness (QED) is 0.842. The van der Waals surface area contributed by atoms with Gasteiger partial charge >= 0.3 is 5.97 Å². The fourth-order valence-electron chi connectivity index (χ4n) is 3.74. The van der Waals surface area contributed by atoms with E-state index in [0.717, 1.165) is 32.1 Å². The van der Waals surface area contributed by atoms with E-state index >= 15 is 0 Å². The van der Waals surface area contributed by atoms with Gasteiger partial charge in [0.15, 0.2) is 0 Å². The van der Waals surface area contributed by atoms with Crippen molar-refractivity contribution < 1.29 is 14.6 Å². The average molecular weight is 365 g/mol. The lowest BCUT2D eigenvalue weighted by molar-refractivity contribution is -0.141. The molecule has 25 heavy (non-hydrogen) atoms. The van der Waals surface area contributed by atoms with Crippen LogP contribution in [0.25, 0.3) is 5.65 Å². The zero-order valence-electron chi connectivity index (χ0n) is 14.1. The van der Waals surface area contributed by atoms with E-state index in [1.165, 1.54) is 17.7 Å². The third kappa shape index (κ3) is 3.63. The topological polar surface area (TPSA) is 80.9 Å². The van der Waals surface area contributed by atoms with Gasteiger partial charge in [0.25, 0.3) is 5.56 Å². The molecule has 3 rings (SSSR count). The summed E-state index contributed by atoms with van der Waals surface area (Å²) in [6.07, 6.45) is 6.62. The van der Waals surface area contributed by atoms with Crippen molar-refractivity contribution in [3.8, 4) is 5.88 Å². The molecule has 2 aromatic rings. The molecule has 2 heterocycles. The number of carbonyl (C=O) groups excluding carboxylic acids is 1. The highest BCUT2D eigenvalue weighted by molar-refractivity contribution is 6.30. The van der Waals surface area contributed by atoms with E-state index in [9.17, 15) is 14.7 Å². The van der Waals surface area contributed by atoms with Crippen molar-refractivity contribution in [2.45, 2.75) is 44.4 Å². The van der Waals surface area contributed by atoms with Gasteiger partial charge in [0, 0.05) is 12.1 Å². The maximum atomic E-state index is 13.0. The third-order valence-corrected chi connectivity index (χ3v) is 5.23. The normalized spacial score (nSPS) is 16.7. The summed E-state index contributed by atoms with van der Waals surface area (Å²) in [7, 11) is 1.32. The maximum absolute atomic E-state index is 13.0. The Hall–Kier alpha value is -2.08. The Bertz CT molecular complexity index is 843. The molecule has 0 spiro atoms. The van der Waals surface area contributed by atoms with Crippen molar-refractivity contribution in [3.05, 3.63) is 39.3 Å². The van der Waals surface area contributed by atoms with Crippen molar-refractivity contribution >= 4 is 23.2 Å². The van der Waals surface area contributed by atoms with Crippen LogP contribution in [0, 0.1) is 5.92 Å². The van der Waals surface area contributed by atoms with Crippen molar-refractivity contribution in [2.75, 3.05) is 7.11 Å². The number of aromatic nitrogens is 2. The van der Waals surface area contributed by atoms with Gasteiger partial charge in [-0.25, -0.2) is 0 Å². The Labute approximate surface area is 150 Å². The molecule has 1 N–H and O–H groups in total. The van der Waals surface area contributed by atoms with Gasteiger partial charge in [0.1, 0.15) is 5.65 Å². The first-order chi connectivity index (χ1) is 12.0. The summed E-state index contributed by atoms with van der Waals surface area (Å²) in [6, 6.07) is 3.18. The van der Waals surface area contributed by atoms with Gasteiger partial charge in [-0.05, 0) is 30.9 Å². The van der Waals surface area contributed by atoms with Crippen LogP contribution < -0.4 is 5.56 Å². The van der Waals surface area contributed by atoms with Crippen LogP contribution >= 0.6 is 11.6 Å². The zero-order valence-corrected chi connectivity index (χ0v) is 14.8. The van der Waals surface area contributed by atoms with Crippen LogP contribution in [0.1, 0.15) is 50.0 Å². The minimum Gasteiger partial charge on any atom is -0.493 e. The molecule has 1 atom stereocenters. The average Bonchev–Trinajstić information content (AvgIpc) is 2.62. The predicted octanol–water partition coefficient (Wildman–Crippen LogP) is 3.28. The number of rotatable bonds is 4. The number of fused-ring (bicyclic) bond motifs is 1. The first-order valence-electron chi connectivity index (χ1n) is 8.49. The van der Waals surface area contributed by atoms with E-state index < -0.39 is 11.9 Å². The Morgan fingerprint density at radius 3 is 2.80 bits per heavy atom. The Balaban J connectivity index is 2.13. The molecule has 1 aliphatic rings. The number of ether oxygens (including phenoxy) is 1. The number of hydrogen-bond donors (Lipinski definition) is 1. The van der Waals surface area contributed by atoms with Gasteiger partial charge < -0.3 is 9.84 Å². The highest BCUT2D eigenvalue weighted by Crippen LogP contribution is 2.39. The SMILES string of the molecule is COC(=O)CC(c1c(O)nc2ccc(Cl)cn2c1=O)C1CCCCC1. The number of aromatic hydroxyl groups is 1. The maximum Gasteiger partial charge on any atom is 0.306 e. The van der Waals surface area contributed by atoms with Crippen LogP contribution in [-0.4, -0.2) is 27.6 Å². The van der Waals surface area contributed by atoms with E-state index in [1.54, 1.807) is 12.1 Å². The lowest BCUT2D eigenvalue weighted by atomic mass is 9.75. The Kier molecular flexibility index (Phi) is 5.27. The summed E-state index contributed by atoms with van der Waals surface area (Å²) in [4.78, 5) is 29.1. The molecule has 2 aromatic heterocycles. The highest BCUT2D eigenvalue weighted by atomic mass is 35.5. The fourth-order valence-corrected chi connectivity index (χ4v) is 3.90. The largest absolute Gasteiger partial charge is 0.493 e. The lowest BCUT2D eigenvalue weighted by Crippen LogP contribution is -2.28. The molecule has 7 heteroatoms. The third-order valence-electron chi connectivity index (χ3n) is 5.01. The second kappa shape index (κ2) is 7.44. The number of carbonyl (C=O) groups is 1. The molecule has 0 aliphatic heterocycles. The lowest BCUT2D eigenvalue weighted by Gasteiger charge is -2.29. The minimum atomic E-state index is -0.413. The van der Waals surface area contributed by atoms with E-state index in [0.29, 0.717) is 10.7 Å². The minimum absolute atomic E-state index is 0.0538. The van der Waals surface area contributed by atoms with Gasteiger partial charge in [-0.1, -0.05) is 30.9 Å². The number of methoxy groups -OCH3 is 1. The van der Waals surface area contributed by atoms with Crippen LogP contribution in [0.5, 0.6) is 5.88 Å². The Morgan fingerprint density at radius 1 is 1.40 bits per heavy atom. The number of pyridine rings is 1. The summed E-state index contributed by atoms with van der Waals surface area (Å²) in [6.45, 7) is 0. The molecule has 1 fully saturated rings. The van der Waals surface area contributed by atoms with Crippen LogP contribution in [0.15, 0.2) is 23.1 Å². The second-order valence-corrected chi connectivity index (χ2v) is 6.95. The fraction of sp³-hybridized carbons (Fsp3) is 0.500. The molecular weight excluding hydrogens is 344 g/mol. The molecule has 1 unspecified atom stereocenters. The molecule has 1 saturated carbocycles. The monoisotopic (exact) mass is 364 g/mol. The van der Waals surface area contributed by atoms with Gasteiger partial charge in [-0.3, -0.25) is 14.0 Å². The van der Waals surface area contributed by atoms with Crippen LogP contribution in [0.2, 0.25) is 5.02 Å². The van der Waals surface area contributed by atoms with Gasteiger partial charge in [0.05, 0.1) is 24.1 Å². The summed E-state index contributed by atoms with van der Waals surface area (Å²) in [5.74, 6) is -0.980.